The van der Waals surface area contributed by atoms with Gasteiger partial charge in [0, 0.05) is 19.6 Å². The van der Waals surface area contributed by atoms with Crippen LogP contribution in [0.25, 0.3) is 0 Å². The van der Waals surface area contributed by atoms with E-state index >= 15 is 0 Å². The summed E-state index contributed by atoms with van der Waals surface area (Å²) >= 11 is 0. The van der Waals surface area contributed by atoms with Crippen molar-refractivity contribution in [3.05, 3.63) is 35.9 Å². The van der Waals surface area contributed by atoms with Gasteiger partial charge in [-0.3, -0.25) is 4.90 Å². The minimum absolute atomic E-state index is 0.252. The number of β-amino-alcohol motifs (C(OH)–C–C–N with tert-alkyl or cyclic N) is 1. The zero-order valence-corrected chi connectivity index (χ0v) is 10.5. The number of rotatable bonds is 3. The van der Waals surface area contributed by atoms with Crippen LogP contribution in [0.2, 0.25) is 0 Å². The van der Waals surface area contributed by atoms with Crippen molar-refractivity contribution in [3.8, 4) is 0 Å². The number of hydrogen-bond acceptors (Lipinski definition) is 3. The van der Waals surface area contributed by atoms with E-state index < -0.39 is 6.10 Å². The summed E-state index contributed by atoms with van der Waals surface area (Å²) in [5, 5.41) is 10.2. The van der Waals surface area contributed by atoms with Gasteiger partial charge in [0.05, 0.1) is 18.3 Å². The molecule has 0 spiro atoms. The van der Waals surface area contributed by atoms with Crippen LogP contribution in [-0.2, 0) is 4.74 Å². The zero-order chi connectivity index (χ0) is 12.3. The molecule has 1 aliphatic rings. The van der Waals surface area contributed by atoms with Crippen LogP contribution in [0.15, 0.2) is 30.3 Å². The summed E-state index contributed by atoms with van der Waals surface area (Å²) in [5.74, 6) is 0. The van der Waals surface area contributed by atoms with Crippen LogP contribution in [0.4, 0.5) is 0 Å². The molecule has 17 heavy (non-hydrogen) atoms. The van der Waals surface area contributed by atoms with E-state index in [4.69, 9.17) is 4.74 Å². The highest BCUT2D eigenvalue weighted by atomic mass is 16.5. The molecule has 0 aliphatic carbocycles. The lowest BCUT2D eigenvalue weighted by Gasteiger charge is -2.36. The van der Waals surface area contributed by atoms with Crippen LogP contribution in [0.3, 0.4) is 0 Å². The lowest BCUT2D eigenvalue weighted by Crippen LogP contribution is -2.46. The molecule has 3 heteroatoms. The Hall–Kier alpha value is -0.900. The predicted molar refractivity (Wildman–Crippen MR) is 67.9 cm³/mol. The van der Waals surface area contributed by atoms with Crippen LogP contribution in [-0.4, -0.2) is 41.8 Å². The molecule has 1 aromatic carbocycles. The molecule has 2 rings (SSSR count). The smallest absolute Gasteiger partial charge is 0.0916 e. The second kappa shape index (κ2) is 5.63. The van der Waals surface area contributed by atoms with Crippen LogP contribution >= 0.6 is 0 Å². The minimum Gasteiger partial charge on any atom is -0.387 e. The summed E-state index contributed by atoms with van der Waals surface area (Å²) in [6, 6.07) is 9.83. The predicted octanol–water partition coefficient (Wildman–Crippen LogP) is 1.83. The second-order valence-electron chi connectivity index (χ2n) is 4.90. The van der Waals surface area contributed by atoms with Gasteiger partial charge in [0.1, 0.15) is 0 Å². The maximum absolute atomic E-state index is 10.2. The normalized spacial score (nSPS) is 27.9. The van der Waals surface area contributed by atoms with Crippen LogP contribution in [0, 0.1) is 0 Å². The maximum atomic E-state index is 10.2. The Bertz CT molecular complexity index is 331. The fourth-order valence-corrected chi connectivity index (χ4v) is 2.46. The van der Waals surface area contributed by atoms with Crippen molar-refractivity contribution in [2.75, 3.05) is 19.6 Å². The van der Waals surface area contributed by atoms with E-state index in [9.17, 15) is 5.11 Å². The Morgan fingerprint density at radius 3 is 2.41 bits per heavy atom. The van der Waals surface area contributed by atoms with E-state index in [0.29, 0.717) is 6.54 Å². The summed E-state index contributed by atoms with van der Waals surface area (Å²) in [6.07, 6.45) is 0.0946. The summed E-state index contributed by atoms with van der Waals surface area (Å²) in [5.41, 5.74) is 0.985. The molecule has 1 N–H and O–H groups in total. The molecule has 0 bridgehead atoms. The van der Waals surface area contributed by atoms with Crippen LogP contribution in [0.1, 0.15) is 25.5 Å². The first-order valence-electron chi connectivity index (χ1n) is 6.26. The van der Waals surface area contributed by atoms with E-state index in [1.165, 1.54) is 0 Å². The van der Waals surface area contributed by atoms with Gasteiger partial charge in [0.25, 0.3) is 0 Å². The van der Waals surface area contributed by atoms with Crippen molar-refractivity contribution in [2.45, 2.75) is 32.2 Å². The fourth-order valence-electron chi connectivity index (χ4n) is 2.46. The highest BCUT2D eigenvalue weighted by Gasteiger charge is 2.24. The molecule has 0 amide bonds. The number of aliphatic hydroxyl groups excluding tert-OH is 1. The molecule has 1 unspecified atom stereocenters. The summed E-state index contributed by atoms with van der Waals surface area (Å²) < 4.78 is 5.68. The van der Waals surface area contributed by atoms with Gasteiger partial charge < -0.3 is 9.84 Å². The lowest BCUT2D eigenvalue weighted by molar-refractivity contribution is -0.0767. The third-order valence-corrected chi connectivity index (χ3v) is 3.11. The highest BCUT2D eigenvalue weighted by Crippen LogP contribution is 2.17. The Labute approximate surface area is 103 Å². The molecule has 0 radical (unpaired) electrons. The maximum Gasteiger partial charge on any atom is 0.0916 e. The van der Waals surface area contributed by atoms with Crippen LogP contribution < -0.4 is 0 Å². The molecule has 1 aliphatic heterocycles. The SMILES string of the molecule is C[C@@H]1CN(CC(O)c2ccccc2)C[C@H](C)O1. The van der Waals surface area contributed by atoms with Gasteiger partial charge >= 0.3 is 0 Å². The highest BCUT2D eigenvalue weighted by molar-refractivity contribution is 5.17. The molecule has 0 saturated carbocycles. The number of hydrogen-bond donors (Lipinski definition) is 1. The second-order valence-corrected chi connectivity index (χ2v) is 4.90. The van der Waals surface area contributed by atoms with E-state index in [0.717, 1.165) is 18.7 Å². The van der Waals surface area contributed by atoms with Gasteiger partial charge in [0.2, 0.25) is 0 Å². The molecule has 3 nitrogen and oxygen atoms in total. The lowest BCUT2D eigenvalue weighted by atomic mass is 10.1. The van der Waals surface area contributed by atoms with Gasteiger partial charge in [-0.1, -0.05) is 30.3 Å². The molecule has 3 atom stereocenters. The van der Waals surface area contributed by atoms with Gasteiger partial charge in [-0.05, 0) is 19.4 Å². The number of benzene rings is 1. The number of aliphatic hydroxyl groups is 1. The average molecular weight is 235 g/mol. The largest absolute Gasteiger partial charge is 0.387 e. The van der Waals surface area contributed by atoms with Gasteiger partial charge in [0.15, 0.2) is 0 Å². The minimum atomic E-state index is -0.409. The fraction of sp³-hybridized carbons (Fsp3) is 0.571. The Morgan fingerprint density at radius 2 is 1.82 bits per heavy atom. The molecule has 1 fully saturated rings. The van der Waals surface area contributed by atoms with Crippen molar-refractivity contribution in [1.82, 2.24) is 4.90 Å². The zero-order valence-electron chi connectivity index (χ0n) is 10.5. The Kier molecular flexibility index (Phi) is 4.15. The third-order valence-electron chi connectivity index (χ3n) is 3.11. The molecule has 1 heterocycles. The Morgan fingerprint density at radius 1 is 1.24 bits per heavy atom. The first-order valence-corrected chi connectivity index (χ1v) is 6.26. The monoisotopic (exact) mass is 235 g/mol. The molecule has 94 valence electrons. The quantitative estimate of drug-likeness (QED) is 0.867. The van der Waals surface area contributed by atoms with Crippen molar-refractivity contribution < 1.29 is 9.84 Å². The first kappa shape index (κ1) is 12.6. The van der Waals surface area contributed by atoms with E-state index in [-0.39, 0.29) is 12.2 Å². The average Bonchev–Trinajstić information content (AvgIpc) is 2.28. The standard InChI is InChI=1S/C14H21NO2/c1-11-8-15(9-12(2)17-11)10-14(16)13-6-4-3-5-7-13/h3-7,11-12,14,16H,8-10H2,1-2H3/t11-,12+,14?. The topological polar surface area (TPSA) is 32.7 Å². The molecular formula is C14H21NO2. The number of morpholine rings is 1. The van der Waals surface area contributed by atoms with E-state index in [2.05, 4.69) is 18.7 Å². The van der Waals surface area contributed by atoms with Gasteiger partial charge in [-0.25, -0.2) is 0 Å². The van der Waals surface area contributed by atoms with Crippen molar-refractivity contribution in [3.63, 3.8) is 0 Å². The first-order chi connectivity index (χ1) is 8.15. The molecular weight excluding hydrogens is 214 g/mol. The van der Waals surface area contributed by atoms with Crippen molar-refractivity contribution >= 4 is 0 Å². The Balaban J connectivity index is 1.92. The summed E-state index contributed by atoms with van der Waals surface area (Å²) in [7, 11) is 0. The summed E-state index contributed by atoms with van der Waals surface area (Å²) in [6.45, 7) is 6.64. The summed E-state index contributed by atoms with van der Waals surface area (Å²) in [4.78, 5) is 2.27. The van der Waals surface area contributed by atoms with Crippen molar-refractivity contribution in [1.29, 1.82) is 0 Å². The van der Waals surface area contributed by atoms with E-state index in [1.807, 2.05) is 30.3 Å². The third kappa shape index (κ3) is 3.53. The van der Waals surface area contributed by atoms with Crippen LogP contribution in [0.5, 0.6) is 0 Å². The number of ether oxygens (including phenoxy) is 1. The molecule has 1 aromatic rings. The molecule has 0 aromatic heterocycles. The molecule has 1 saturated heterocycles. The number of nitrogens with zero attached hydrogens (tertiary/aromatic N) is 1. The van der Waals surface area contributed by atoms with E-state index in [1.54, 1.807) is 0 Å². The van der Waals surface area contributed by atoms with Crippen molar-refractivity contribution in [2.24, 2.45) is 0 Å². The van der Waals surface area contributed by atoms with Gasteiger partial charge in [-0.15, -0.1) is 0 Å². The van der Waals surface area contributed by atoms with Gasteiger partial charge in [-0.2, -0.15) is 0 Å².